The number of para-hydroxylation sites is 1. The van der Waals surface area contributed by atoms with E-state index >= 15 is 0 Å². The van der Waals surface area contributed by atoms with Crippen molar-refractivity contribution in [3.63, 3.8) is 0 Å². The second-order valence-electron chi connectivity index (χ2n) is 6.04. The number of piperazine rings is 1. The number of anilines is 1. The van der Waals surface area contributed by atoms with Gasteiger partial charge in [0, 0.05) is 38.9 Å². The molecule has 0 bridgehead atoms. The number of amides is 4. The van der Waals surface area contributed by atoms with Crippen LogP contribution in [0.2, 0.25) is 5.02 Å². The maximum absolute atomic E-state index is 12.7. The Balaban J connectivity index is 1.67. The fraction of sp³-hybridized carbons (Fsp3) is 0.412. The molecule has 2 aliphatic heterocycles. The minimum absolute atomic E-state index is 0.239. The highest BCUT2D eigenvalue weighted by Crippen LogP contribution is 2.28. The predicted octanol–water partition coefficient (Wildman–Crippen LogP) is 0.515. The van der Waals surface area contributed by atoms with Crippen molar-refractivity contribution in [1.29, 1.82) is 0 Å². The number of benzene rings is 1. The number of carbonyl (C=O) groups excluding carboxylic acids is 3. The van der Waals surface area contributed by atoms with E-state index in [2.05, 4.69) is 20.5 Å². The molecular weight excluding hydrogens is 358 g/mol. The molecule has 1 atom stereocenters. The number of aliphatic imine (C=N–C) groups is 1. The summed E-state index contributed by atoms with van der Waals surface area (Å²) in [5, 5.41) is 5.71. The van der Waals surface area contributed by atoms with Crippen molar-refractivity contribution in [2.75, 3.05) is 44.2 Å². The zero-order valence-electron chi connectivity index (χ0n) is 14.2. The highest BCUT2D eigenvalue weighted by Gasteiger charge is 2.41. The zero-order chi connectivity index (χ0) is 18.5. The smallest absolute Gasteiger partial charge is 0.314 e. The summed E-state index contributed by atoms with van der Waals surface area (Å²) < 4.78 is 0. The normalized spacial score (nSPS) is 22.1. The molecule has 0 saturated carbocycles. The van der Waals surface area contributed by atoms with Crippen molar-refractivity contribution in [3.8, 4) is 0 Å². The fourth-order valence-corrected chi connectivity index (χ4v) is 3.12. The third-order valence-electron chi connectivity index (χ3n) is 4.30. The highest BCUT2D eigenvalue weighted by atomic mass is 35.5. The number of rotatable bonds is 5. The van der Waals surface area contributed by atoms with Crippen LogP contribution in [-0.2, 0) is 9.59 Å². The molecule has 8 nitrogen and oxygen atoms in total. The molecule has 0 aliphatic carbocycles. The minimum atomic E-state index is -1.15. The molecule has 2 saturated heterocycles. The Morgan fingerprint density at radius 1 is 1.19 bits per heavy atom. The quantitative estimate of drug-likeness (QED) is 0.576. The molecule has 26 heavy (non-hydrogen) atoms. The van der Waals surface area contributed by atoms with E-state index in [0.29, 0.717) is 6.54 Å². The number of hydrogen-bond acceptors (Lipinski definition) is 6. The van der Waals surface area contributed by atoms with Gasteiger partial charge < -0.3 is 5.32 Å². The zero-order valence-corrected chi connectivity index (χ0v) is 14.9. The molecule has 4 amide bonds. The summed E-state index contributed by atoms with van der Waals surface area (Å²) in [4.78, 5) is 44.2. The second-order valence-corrected chi connectivity index (χ2v) is 6.45. The molecule has 0 aromatic heterocycles. The first-order valence-corrected chi connectivity index (χ1v) is 8.82. The van der Waals surface area contributed by atoms with Crippen molar-refractivity contribution in [2.24, 2.45) is 10.9 Å². The molecule has 0 spiro atoms. The summed E-state index contributed by atoms with van der Waals surface area (Å²) >= 11 is 6.08. The van der Waals surface area contributed by atoms with Crippen LogP contribution < -0.4 is 15.5 Å². The lowest BCUT2D eigenvalue weighted by molar-refractivity contribution is -0.131. The second kappa shape index (κ2) is 8.39. The molecule has 0 unspecified atom stereocenters. The Hall–Kier alpha value is -2.29. The lowest BCUT2D eigenvalue weighted by atomic mass is 10.1. The van der Waals surface area contributed by atoms with Crippen molar-refractivity contribution in [2.45, 2.75) is 0 Å². The summed E-state index contributed by atoms with van der Waals surface area (Å²) in [6.07, 6.45) is 1.32. The van der Waals surface area contributed by atoms with Gasteiger partial charge >= 0.3 is 6.03 Å². The summed E-state index contributed by atoms with van der Waals surface area (Å²) in [6.45, 7) is 5.04. The van der Waals surface area contributed by atoms with Crippen LogP contribution in [0.25, 0.3) is 0 Å². The fourth-order valence-electron chi connectivity index (χ4n) is 2.90. The van der Waals surface area contributed by atoms with Gasteiger partial charge in [-0.25, -0.2) is 9.69 Å². The summed E-state index contributed by atoms with van der Waals surface area (Å²) in [5.41, 5.74) is 0.239. The number of hydrogen-bond donors (Lipinski definition) is 2. The van der Waals surface area contributed by atoms with Gasteiger partial charge in [0.2, 0.25) is 5.91 Å². The number of nitrogens with one attached hydrogen (secondary N) is 2. The van der Waals surface area contributed by atoms with Crippen LogP contribution in [0.3, 0.4) is 0 Å². The lowest BCUT2D eigenvalue weighted by Gasteiger charge is -2.29. The molecule has 9 heteroatoms. The lowest BCUT2D eigenvalue weighted by Crippen LogP contribution is -2.58. The van der Waals surface area contributed by atoms with Crippen LogP contribution in [0.4, 0.5) is 10.5 Å². The standard InChI is InChI=1S/C17H20ClN5O3/c18-13-3-1-2-4-14(13)23-16(25)12(15(24)21-17(23)26)11-20-7-10-22-8-5-19-6-9-22/h1-4,11-12,19H,5-10H2,(H,21,24,26)/t12-/m1/s1. The first-order valence-electron chi connectivity index (χ1n) is 8.44. The Kier molecular flexibility index (Phi) is 5.97. The van der Waals surface area contributed by atoms with Gasteiger partial charge in [-0.2, -0.15) is 0 Å². The van der Waals surface area contributed by atoms with Crippen LogP contribution in [0.1, 0.15) is 0 Å². The third kappa shape index (κ3) is 4.09. The maximum Gasteiger partial charge on any atom is 0.335 e. The molecule has 1 aromatic rings. The van der Waals surface area contributed by atoms with Gasteiger partial charge in [-0.3, -0.25) is 24.8 Å². The highest BCUT2D eigenvalue weighted by molar-refractivity contribution is 6.38. The summed E-state index contributed by atoms with van der Waals surface area (Å²) in [7, 11) is 0. The van der Waals surface area contributed by atoms with Gasteiger partial charge in [0.05, 0.1) is 17.3 Å². The predicted molar refractivity (Wildman–Crippen MR) is 98.6 cm³/mol. The SMILES string of the molecule is O=C1NC(=O)N(c2ccccc2Cl)C(=O)[C@@H]1C=NCCN1CCNCC1. The Bertz CT molecular complexity index is 733. The Morgan fingerprint density at radius 3 is 2.65 bits per heavy atom. The van der Waals surface area contributed by atoms with Crippen molar-refractivity contribution >= 4 is 41.3 Å². The number of halogens is 1. The minimum Gasteiger partial charge on any atom is -0.314 e. The van der Waals surface area contributed by atoms with Gasteiger partial charge in [0.1, 0.15) is 0 Å². The topological polar surface area (TPSA) is 94.1 Å². The maximum atomic E-state index is 12.7. The Morgan fingerprint density at radius 2 is 1.92 bits per heavy atom. The number of carbonyl (C=O) groups is 3. The van der Waals surface area contributed by atoms with Crippen LogP contribution in [0.15, 0.2) is 29.3 Å². The van der Waals surface area contributed by atoms with E-state index in [-0.39, 0.29) is 10.7 Å². The summed E-state index contributed by atoms with van der Waals surface area (Å²) in [6, 6.07) is 5.67. The Labute approximate surface area is 156 Å². The molecule has 0 radical (unpaired) electrons. The van der Waals surface area contributed by atoms with Gasteiger partial charge in [-0.1, -0.05) is 23.7 Å². The molecule has 1 aromatic carbocycles. The molecule has 2 heterocycles. The van der Waals surface area contributed by atoms with Crippen LogP contribution in [0.5, 0.6) is 0 Å². The molecular formula is C17H20ClN5O3. The van der Waals surface area contributed by atoms with E-state index < -0.39 is 23.8 Å². The number of barbiturate groups is 1. The molecule has 3 rings (SSSR count). The number of nitrogens with zero attached hydrogens (tertiary/aromatic N) is 3. The van der Waals surface area contributed by atoms with Gasteiger partial charge in [0.25, 0.3) is 5.91 Å². The van der Waals surface area contributed by atoms with Crippen LogP contribution in [-0.4, -0.2) is 68.2 Å². The van der Waals surface area contributed by atoms with Crippen LogP contribution in [0, 0.1) is 5.92 Å². The molecule has 2 aliphatic rings. The van der Waals surface area contributed by atoms with E-state index in [9.17, 15) is 14.4 Å². The van der Waals surface area contributed by atoms with E-state index in [4.69, 9.17) is 11.6 Å². The molecule has 2 N–H and O–H groups in total. The monoisotopic (exact) mass is 377 g/mol. The number of urea groups is 1. The van der Waals surface area contributed by atoms with E-state index in [1.54, 1.807) is 24.3 Å². The van der Waals surface area contributed by atoms with E-state index in [1.165, 1.54) is 6.21 Å². The first-order chi connectivity index (χ1) is 12.6. The van der Waals surface area contributed by atoms with Crippen molar-refractivity contribution in [1.82, 2.24) is 15.5 Å². The van der Waals surface area contributed by atoms with Gasteiger partial charge in [-0.05, 0) is 12.1 Å². The molecule has 2 fully saturated rings. The summed E-state index contributed by atoms with van der Waals surface area (Å²) in [5.74, 6) is -2.47. The van der Waals surface area contributed by atoms with E-state index in [1.807, 2.05) is 0 Å². The van der Waals surface area contributed by atoms with Crippen molar-refractivity contribution < 1.29 is 14.4 Å². The average molecular weight is 378 g/mol. The van der Waals surface area contributed by atoms with Crippen molar-refractivity contribution in [3.05, 3.63) is 29.3 Å². The van der Waals surface area contributed by atoms with Crippen LogP contribution >= 0.6 is 11.6 Å². The van der Waals surface area contributed by atoms with Gasteiger partial charge in [-0.15, -0.1) is 0 Å². The number of imide groups is 2. The largest absolute Gasteiger partial charge is 0.335 e. The first kappa shape index (κ1) is 18.5. The van der Waals surface area contributed by atoms with E-state index in [0.717, 1.165) is 37.6 Å². The third-order valence-corrected chi connectivity index (χ3v) is 4.62. The average Bonchev–Trinajstić information content (AvgIpc) is 2.63. The van der Waals surface area contributed by atoms with Gasteiger partial charge in [0.15, 0.2) is 5.92 Å². The molecule has 138 valence electrons.